The number of benzene rings is 1. The number of hydrogen-bond acceptors (Lipinski definition) is 3. The minimum Gasteiger partial charge on any atom is -0.456 e. The van der Waals surface area contributed by atoms with E-state index >= 15 is 0 Å². The van der Waals surface area contributed by atoms with E-state index < -0.39 is 0 Å². The molecule has 17 heavy (non-hydrogen) atoms. The van der Waals surface area contributed by atoms with Crippen molar-refractivity contribution in [2.24, 2.45) is 0 Å². The Morgan fingerprint density at radius 2 is 1.76 bits per heavy atom. The van der Waals surface area contributed by atoms with Gasteiger partial charge >= 0.3 is 0 Å². The van der Waals surface area contributed by atoms with Gasteiger partial charge in [-0.25, -0.2) is 4.98 Å². The molecular weight excluding hydrogens is 238 g/mol. The van der Waals surface area contributed by atoms with E-state index in [1.54, 1.807) is 36.4 Å². The maximum Gasteiger partial charge on any atom is 0.178 e. The van der Waals surface area contributed by atoms with Crippen LogP contribution in [-0.4, -0.2) is 10.8 Å². The summed E-state index contributed by atoms with van der Waals surface area (Å²) in [6, 6.07) is 10.4. The molecule has 1 aromatic carbocycles. The molecule has 0 N–H and O–H groups in total. The standard InChI is InChI=1S/C13H10ClNO2/c1-9(16)13-7-6-12(8-15-13)17-11-4-2-10(14)3-5-11/h2-8H,1H3. The van der Waals surface area contributed by atoms with Crippen LogP contribution in [0.2, 0.25) is 5.02 Å². The Hall–Kier alpha value is -1.87. The zero-order valence-corrected chi connectivity index (χ0v) is 9.94. The van der Waals surface area contributed by atoms with Crippen LogP contribution in [0, 0.1) is 0 Å². The lowest BCUT2D eigenvalue weighted by Crippen LogP contribution is -1.95. The van der Waals surface area contributed by atoms with Crippen molar-refractivity contribution < 1.29 is 9.53 Å². The molecule has 0 saturated heterocycles. The zero-order valence-electron chi connectivity index (χ0n) is 9.18. The molecule has 2 rings (SSSR count). The van der Waals surface area contributed by atoms with Gasteiger partial charge in [0, 0.05) is 11.9 Å². The first-order valence-electron chi connectivity index (χ1n) is 5.05. The molecule has 1 heterocycles. The predicted molar refractivity (Wildman–Crippen MR) is 65.8 cm³/mol. The molecule has 0 unspecified atom stereocenters. The Balaban J connectivity index is 2.13. The van der Waals surface area contributed by atoms with E-state index in [0.717, 1.165) is 0 Å². The van der Waals surface area contributed by atoms with Gasteiger partial charge in [0.05, 0.1) is 6.20 Å². The fourth-order valence-corrected chi connectivity index (χ4v) is 1.41. The minimum absolute atomic E-state index is 0.0666. The Morgan fingerprint density at radius 1 is 1.12 bits per heavy atom. The monoisotopic (exact) mass is 247 g/mol. The topological polar surface area (TPSA) is 39.2 Å². The molecule has 3 nitrogen and oxygen atoms in total. The molecule has 86 valence electrons. The Bertz CT molecular complexity index is 520. The van der Waals surface area contributed by atoms with Crippen LogP contribution in [-0.2, 0) is 0 Å². The first-order valence-corrected chi connectivity index (χ1v) is 5.43. The fourth-order valence-electron chi connectivity index (χ4n) is 1.29. The number of ketones is 1. The molecule has 0 amide bonds. The van der Waals surface area contributed by atoms with Gasteiger partial charge in [-0.05, 0) is 36.4 Å². The number of halogens is 1. The normalized spacial score (nSPS) is 10.0. The van der Waals surface area contributed by atoms with Crippen LogP contribution < -0.4 is 4.74 Å². The van der Waals surface area contributed by atoms with Crippen LogP contribution in [0.15, 0.2) is 42.6 Å². The van der Waals surface area contributed by atoms with Gasteiger partial charge in [0.15, 0.2) is 5.78 Å². The molecule has 1 aromatic heterocycles. The number of hydrogen-bond donors (Lipinski definition) is 0. The zero-order chi connectivity index (χ0) is 12.3. The molecule has 0 spiro atoms. The van der Waals surface area contributed by atoms with Crippen molar-refractivity contribution in [2.45, 2.75) is 6.92 Å². The second-order valence-corrected chi connectivity index (χ2v) is 3.93. The summed E-state index contributed by atoms with van der Waals surface area (Å²) in [5.74, 6) is 1.19. The molecule has 0 aliphatic carbocycles. The second-order valence-electron chi connectivity index (χ2n) is 3.49. The van der Waals surface area contributed by atoms with Gasteiger partial charge in [0.2, 0.25) is 0 Å². The first-order chi connectivity index (χ1) is 8.15. The lowest BCUT2D eigenvalue weighted by atomic mass is 10.3. The highest BCUT2D eigenvalue weighted by Crippen LogP contribution is 2.22. The van der Waals surface area contributed by atoms with E-state index in [0.29, 0.717) is 22.2 Å². The van der Waals surface area contributed by atoms with E-state index in [1.807, 2.05) is 0 Å². The van der Waals surface area contributed by atoms with Crippen molar-refractivity contribution in [3.63, 3.8) is 0 Å². The summed E-state index contributed by atoms with van der Waals surface area (Å²) in [7, 11) is 0. The molecule has 0 radical (unpaired) electrons. The molecule has 2 aromatic rings. The Kier molecular flexibility index (Phi) is 3.40. The lowest BCUT2D eigenvalue weighted by Gasteiger charge is -2.05. The van der Waals surface area contributed by atoms with Gasteiger partial charge in [-0.1, -0.05) is 11.6 Å². The number of carbonyl (C=O) groups excluding carboxylic acids is 1. The second kappa shape index (κ2) is 4.97. The van der Waals surface area contributed by atoms with E-state index in [-0.39, 0.29) is 5.78 Å². The van der Waals surface area contributed by atoms with Crippen LogP contribution in [0.25, 0.3) is 0 Å². The van der Waals surface area contributed by atoms with Crippen molar-refractivity contribution in [1.29, 1.82) is 0 Å². The first kappa shape index (κ1) is 11.6. The van der Waals surface area contributed by atoms with Gasteiger partial charge < -0.3 is 4.74 Å². The van der Waals surface area contributed by atoms with Gasteiger partial charge in [-0.2, -0.15) is 0 Å². The number of carbonyl (C=O) groups is 1. The summed E-state index contributed by atoms with van der Waals surface area (Å²) in [6.45, 7) is 1.47. The summed E-state index contributed by atoms with van der Waals surface area (Å²) in [6.07, 6.45) is 1.52. The molecule has 4 heteroatoms. The summed E-state index contributed by atoms with van der Waals surface area (Å²) in [4.78, 5) is 15.0. The van der Waals surface area contributed by atoms with Crippen molar-refractivity contribution in [3.05, 3.63) is 53.3 Å². The Morgan fingerprint density at radius 3 is 2.29 bits per heavy atom. The smallest absolute Gasteiger partial charge is 0.178 e. The van der Waals surface area contributed by atoms with Gasteiger partial charge in [0.1, 0.15) is 17.2 Å². The van der Waals surface area contributed by atoms with Crippen LogP contribution >= 0.6 is 11.6 Å². The molecule has 0 aliphatic rings. The van der Waals surface area contributed by atoms with Crippen LogP contribution in [0.5, 0.6) is 11.5 Å². The van der Waals surface area contributed by atoms with Crippen molar-refractivity contribution in [3.8, 4) is 11.5 Å². The summed E-state index contributed by atoms with van der Waals surface area (Å²) >= 11 is 5.76. The Labute approximate surface area is 104 Å². The third-order valence-corrected chi connectivity index (χ3v) is 2.40. The highest BCUT2D eigenvalue weighted by Gasteiger charge is 2.02. The number of rotatable bonds is 3. The largest absolute Gasteiger partial charge is 0.456 e. The van der Waals surface area contributed by atoms with Crippen LogP contribution in [0.1, 0.15) is 17.4 Å². The SMILES string of the molecule is CC(=O)c1ccc(Oc2ccc(Cl)cc2)cn1. The van der Waals surface area contributed by atoms with Crippen LogP contribution in [0.4, 0.5) is 0 Å². The number of pyridine rings is 1. The van der Waals surface area contributed by atoms with Crippen molar-refractivity contribution >= 4 is 17.4 Å². The number of aromatic nitrogens is 1. The number of nitrogens with zero attached hydrogens (tertiary/aromatic N) is 1. The number of ether oxygens (including phenoxy) is 1. The summed E-state index contributed by atoms with van der Waals surface area (Å²) in [5.41, 5.74) is 0.424. The summed E-state index contributed by atoms with van der Waals surface area (Å²) in [5, 5.41) is 0.655. The quantitative estimate of drug-likeness (QED) is 0.776. The van der Waals surface area contributed by atoms with Gasteiger partial charge in [-0.3, -0.25) is 4.79 Å². The molecule has 0 aliphatic heterocycles. The molecule has 0 atom stereocenters. The lowest BCUT2D eigenvalue weighted by molar-refractivity contribution is 0.101. The van der Waals surface area contributed by atoms with E-state index in [4.69, 9.17) is 16.3 Å². The minimum atomic E-state index is -0.0666. The maximum atomic E-state index is 11.0. The van der Waals surface area contributed by atoms with Crippen molar-refractivity contribution in [1.82, 2.24) is 4.98 Å². The predicted octanol–water partition coefficient (Wildman–Crippen LogP) is 3.73. The fraction of sp³-hybridized carbons (Fsp3) is 0.0769. The van der Waals surface area contributed by atoms with Gasteiger partial charge in [0.25, 0.3) is 0 Å². The molecular formula is C13H10ClNO2. The summed E-state index contributed by atoms with van der Waals surface area (Å²) < 4.78 is 5.54. The third kappa shape index (κ3) is 3.04. The highest BCUT2D eigenvalue weighted by molar-refractivity contribution is 6.30. The third-order valence-electron chi connectivity index (χ3n) is 2.15. The van der Waals surface area contributed by atoms with E-state index in [1.165, 1.54) is 13.1 Å². The molecule has 0 bridgehead atoms. The van der Waals surface area contributed by atoms with E-state index in [9.17, 15) is 4.79 Å². The molecule has 0 fully saturated rings. The molecule has 0 saturated carbocycles. The highest BCUT2D eigenvalue weighted by atomic mass is 35.5. The maximum absolute atomic E-state index is 11.0. The van der Waals surface area contributed by atoms with E-state index in [2.05, 4.69) is 4.98 Å². The van der Waals surface area contributed by atoms with Crippen molar-refractivity contribution in [2.75, 3.05) is 0 Å². The number of Topliss-reactive ketones (excluding diaryl/α,β-unsaturated/α-hetero) is 1. The average Bonchev–Trinajstić information content (AvgIpc) is 2.33. The van der Waals surface area contributed by atoms with Gasteiger partial charge in [-0.15, -0.1) is 0 Å². The average molecular weight is 248 g/mol. The van der Waals surface area contributed by atoms with Crippen LogP contribution in [0.3, 0.4) is 0 Å².